The fourth-order valence-electron chi connectivity index (χ4n) is 1.00. The highest BCUT2D eigenvalue weighted by molar-refractivity contribution is 7.87. The van der Waals surface area contributed by atoms with E-state index in [0.29, 0.717) is 12.8 Å². The fourth-order valence-corrected chi connectivity index (χ4v) is 2.27. The molecule has 0 aliphatic rings. The van der Waals surface area contributed by atoms with Crippen LogP contribution in [0.3, 0.4) is 0 Å². The van der Waals surface area contributed by atoms with Gasteiger partial charge in [-0.2, -0.15) is 13.1 Å². The van der Waals surface area contributed by atoms with Crippen molar-refractivity contribution < 1.29 is 13.5 Å². The van der Waals surface area contributed by atoms with Gasteiger partial charge in [-0.1, -0.05) is 6.92 Å². The molecule has 0 aliphatic heterocycles. The Kier molecular flexibility index (Phi) is 5.72. The van der Waals surface area contributed by atoms with Gasteiger partial charge in [0.2, 0.25) is 0 Å². The van der Waals surface area contributed by atoms with Gasteiger partial charge in [0.15, 0.2) is 0 Å². The Morgan fingerprint density at radius 3 is 2.27 bits per heavy atom. The minimum absolute atomic E-state index is 0.250. The molecule has 0 heterocycles. The number of aliphatic hydroxyl groups is 1. The van der Waals surface area contributed by atoms with E-state index in [9.17, 15) is 13.5 Å². The van der Waals surface area contributed by atoms with Crippen LogP contribution in [0.5, 0.6) is 0 Å². The smallest absolute Gasteiger partial charge is 0.277 e. The van der Waals surface area contributed by atoms with E-state index in [1.54, 1.807) is 20.8 Å². The van der Waals surface area contributed by atoms with Gasteiger partial charge >= 0.3 is 0 Å². The van der Waals surface area contributed by atoms with Crippen molar-refractivity contribution in [2.45, 2.75) is 52.2 Å². The molecule has 0 radical (unpaired) electrons. The largest absolute Gasteiger partial charge is 0.393 e. The summed E-state index contributed by atoms with van der Waals surface area (Å²) in [4.78, 5) is 0. The summed E-state index contributed by atoms with van der Waals surface area (Å²) in [6.07, 6.45) is 0.623. The van der Waals surface area contributed by atoms with Crippen LogP contribution in [0, 0.1) is 0 Å². The molecule has 0 saturated carbocycles. The van der Waals surface area contributed by atoms with Gasteiger partial charge < -0.3 is 5.11 Å². The van der Waals surface area contributed by atoms with Crippen LogP contribution in [0.25, 0.3) is 0 Å². The van der Waals surface area contributed by atoms with Crippen LogP contribution in [-0.4, -0.2) is 31.7 Å². The summed E-state index contributed by atoms with van der Waals surface area (Å²) in [5.74, 6) is 0. The summed E-state index contributed by atoms with van der Waals surface area (Å²) >= 11 is 0. The second-order valence-electron chi connectivity index (χ2n) is 4.60. The molecule has 92 valence electrons. The van der Waals surface area contributed by atoms with Crippen LogP contribution in [0.2, 0.25) is 0 Å². The average molecular weight is 238 g/mol. The third kappa shape index (κ3) is 8.80. The molecular formula is C9H22N2O3S. The molecule has 0 aromatic carbocycles. The summed E-state index contributed by atoms with van der Waals surface area (Å²) < 4.78 is 27.7. The van der Waals surface area contributed by atoms with E-state index in [4.69, 9.17) is 0 Å². The zero-order valence-corrected chi connectivity index (χ0v) is 10.7. The fraction of sp³-hybridized carbons (Fsp3) is 1.00. The van der Waals surface area contributed by atoms with E-state index in [1.807, 2.05) is 6.92 Å². The Labute approximate surface area is 92.4 Å². The summed E-state index contributed by atoms with van der Waals surface area (Å²) in [5.41, 5.74) is -0.491. The molecule has 0 aliphatic carbocycles. The zero-order chi connectivity index (χ0) is 12.1. The number of hydrogen-bond acceptors (Lipinski definition) is 3. The van der Waals surface area contributed by atoms with Gasteiger partial charge in [0.05, 0.1) is 6.10 Å². The predicted octanol–water partition coefficient (Wildman–Crippen LogP) is 0.370. The standard InChI is InChI=1S/C9H22N2O3S/c1-5-8(12)6-7-10-15(13,14)11-9(2,3)4/h8,10-12H,5-7H2,1-4H3. The number of nitrogens with one attached hydrogen (secondary N) is 2. The first kappa shape index (κ1) is 14.8. The second-order valence-corrected chi connectivity index (χ2v) is 6.10. The van der Waals surface area contributed by atoms with Crippen molar-refractivity contribution in [1.82, 2.24) is 9.44 Å². The average Bonchev–Trinajstić information content (AvgIpc) is 1.98. The highest BCUT2D eigenvalue weighted by atomic mass is 32.2. The van der Waals surface area contributed by atoms with Gasteiger partial charge in [-0.3, -0.25) is 0 Å². The maximum atomic E-state index is 11.4. The zero-order valence-electron chi connectivity index (χ0n) is 9.87. The van der Waals surface area contributed by atoms with Crippen LogP contribution in [0.4, 0.5) is 0 Å². The molecule has 5 nitrogen and oxygen atoms in total. The summed E-state index contributed by atoms with van der Waals surface area (Å²) in [7, 11) is -3.45. The Morgan fingerprint density at radius 2 is 1.87 bits per heavy atom. The van der Waals surface area contributed by atoms with E-state index in [0.717, 1.165) is 0 Å². The highest BCUT2D eigenvalue weighted by Crippen LogP contribution is 2.01. The third-order valence-electron chi connectivity index (χ3n) is 1.68. The number of hydrogen-bond donors (Lipinski definition) is 3. The first-order valence-electron chi connectivity index (χ1n) is 5.13. The second kappa shape index (κ2) is 5.79. The molecule has 15 heavy (non-hydrogen) atoms. The molecular weight excluding hydrogens is 216 g/mol. The molecule has 0 aromatic rings. The first-order chi connectivity index (χ1) is 6.66. The van der Waals surface area contributed by atoms with Gasteiger partial charge in [0.1, 0.15) is 0 Å². The lowest BCUT2D eigenvalue weighted by Gasteiger charge is -2.20. The Morgan fingerprint density at radius 1 is 1.33 bits per heavy atom. The van der Waals surface area contributed by atoms with Crippen LogP contribution in [0.1, 0.15) is 40.5 Å². The third-order valence-corrected chi connectivity index (χ3v) is 3.15. The Balaban J connectivity index is 3.96. The highest BCUT2D eigenvalue weighted by Gasteiger charge is 2.19. The molecule has 0 saturated heterocycles. The monoisotopic (exact) mass is 238 g/mol. The predicted molar refractivity (Wildman–Crippen MR) is 60.7 cm³/mol. The van der Waals surface area contributed by atoms with E-state index in [1.165, 1.54) is 0 Å². The van der Waals surface area contributed by atoms with E-state index in [2.05, 4.69) is 9.44 Å². The Bertz CT molecular complexity index is 270. The number of aliphatic hydroxyl groups excluding tert-OH is 1. The lowest BCUT2D eigenvalue weighted by molar-refractivity contribution is 0.162. The van der Waals surface area contributed by atoms with Crippen molar-refractivity contribution in [2.75, 3.05) is 6.54 Å². The van der Waals surface area contributed by atoms with E-state index >= 15 is 0 Å². The van der Waals surface area contributed by atoms with Crippen LogP contribution < -0.4 is 9.44 Å². The van der Waals surface area contributed by atoms with Crippen molar-refractivity contribution in [1.29, 1.82) is 0 Å². The molecule has 1 unspecified atom stereocenters. The molecule has 0 rings (SSSR count). The van der Waals surface area contributed by atoms with Crippen molar-refractivity contribution in [3.63, 3.8) is 0 Å². The molecule has 0 bridgehead atoms. The molecule has 3 N–H and O–H groups in total. The molecule has 0 amide bonds. The maximum Gasteiger partial charge on any atom is 0.277 e. The van der Waals surface area contributed by atoms with Crippen LogP contribution >= 0.6 is 0 Å². The topological polar surface area (TPSA) is 78.4 Å². The molecule has 0 aromatic heterocycles. The maximum absolute atomic E-state index is 11.4. The summed E-state index contributed by atoms with van der Waals surface area (Å²) in [6, 6.07) is 0. The number of rotatable bonds is 6. The van der Waals surface area contributed by atoms with Crippen molar-refractivity contribution in [3.8, 4) is 0 Å². The van der Waals surface area contributed by atoms with Gasteiger partial charge in [-0.05, 0) is 33.6 Å². The lowest BCUT2D eigenvalue weighted by Crippen LogP contribution is -2.47. The quantitative estimate of drug-likeness (QED) is 0.625. The molecule has 0 spiro atoms. The first-order valence-corrected chi connectivity index (χ1v) is 6.61. The summed E-state index contributed by atoms with van der Waals surface area (Å²) in [5, 5.41) is 9.23. The van der Waals surface area contributed by atoms with Gasteiger partial charge in [0.25, 0.3) is 10.2 Å². The minimum atomic E-state index is -3.45. The SMILES string of the molecule is CCC(O)CCNS(=O)(=O)NC(C)(C)C. The summed E-state index contributed by atoms with van der Waals surface area (Å²) in [6.45, 7) is 7.42. The molecule has 0 fully saturated rings. The van der Waals surface area contributed by atoms with Gasteiger partial charge in [-0.25, -0.2) is 4.72 Å². The molecule has 1 atom stereocenters. The normalized spacial score (nSPS) is 15.3. The van der Waals surface area contributed by atoms with E-state index in [-0.39, 0.29) is 6.54 Å². The van der Waals surface area contributed by atoms with Gasteiger partial charge in [-0.15, -0.1) is 0 Å². The molecule has 6 heteroatoms. The van der Waals surface area contributed by atoms with Crippen LogP contribution in [0.15, 0.2) is 0 Å². The van der Waals surface area contributed by atoms with Crippen molar-refractivity contribution in [2.24, 2.45) is 0 Å². The Hall–Kier alpha value is -0.170. The van der Waals surface area contributed by atoms with Gasteiger partial charge in [0, 0.05) is 12.1 Å². The van der Waals surface area contributed by atoms with Crippen molar-refractivity contribution >= 4 is 10.2 Å². The van der Waals surface area contributed by atoms with E-state index < -0.39 is 21.9 Å². The van der Waals surface area contributed by atoms with Crippen molar-refractivity contribution in [3.05, 3.63) is 0 Å². The minimum Gasteiger partial charge on any atom is -0.393 e. The van der Waals surface area contributed by atoms with Crippen LogP contribution in [-0.2, 0) is 10.2 Å². The lowest BCUT2D eigenvalue weighted by atomic mass is 10.1.